The Bertz CT molecular complexity index is 1070. The fourth-order valence-corrected chi connectivity index (χ4v) is 4.03. The fraction of sp³-hybridized carbons (Fsp3) is 0.421. The van der Waals surface area contributed by atoms with E-state index in [1.54, 1.807) is 0 Å². The van der Waals surface area contributed by atoms with Gasteiger partial charge in [0.2, 0.25) is 0 Å². The molecule has 3 aromatic carbocycles. The van der Waals surface area contributed by atoms with Crippen LogP contribution in [0.25, 0.3) is 24.3 Å². The van der Waals surface area contributed by atoms with Crippen molar-refractivity contribution >= 4 is 24.3 Å². The van der Waals surface area contributed by atoms with Crippen molar-refractivity contribution in [1.29, 1.82) is 0 Å². The molecule has 6 nitrogen and oxygen atoms in total. The minimum atomic E-state index is 0.524. The average Bonchev–Trinajstić information content (AvgIpc) is 3.06. The van der Waals surface area contributed by atoms with Crippen molar-refractivity contribution in [2.75, 3.05) is 66.1 Å². The highest BCUT2D eigenvalue weighted by Crippen LogP contribution is 2.17. The number of unbranched alkanes of at least 4 members (excludes halogenated alkanes) is 2. The van der Waals surface area contributed by atoms with E-state index >= 15 is 0 Å². The highest BCUT2D eigenvalue weighted by Gasteiger charge is 1.98. The van der Waals surface area contributed by atoms with E-state index in [0.717, 1.165) is 72.6 Å². The molecule has 238 valence electrons. The summed E-state index contributed by atoms with van der Waals surface area (Å²) in [6, 6.07) is 24.7. The first-order chi connectivity index (χ1) is 21.8. The Hall–Kier alpha value is -3.42. The van der Waals surface area contributed by atoms with Crippen LogP contribution in [0.5, 0.6) is 11.5 Å². The Morgan fingerprint density at radius 2 is 0.636 bits per heavy atom. The Labute approximate surface area is 264 Å². The zero-order valence-corrected chi connectivity index (χ0v) is 26.6. The smallest absolute Gasteiger partial charge is 0.119 e. The van der Waals surface area contributed by atoms with Crippen LogP contribution < -0.4 is 9.47 Å². The van der Waals surface area contributed by atoms with Gasteiger partial charge in [0.25, 0.3) is 0 Å². The maximum absolute atomic E-state index is 5.77. The molecule has 0 amide bonds. The molecule has 0 spiro atoms. The lowest BCUT2D eigenvalue weighted by Crippen LogP contribution is -2.11. The minimum Gasteiger partial charge on any atom is -0.491 e. The lowest BCUT2D eigenvalue weighted by atomic mass is 10.1. The molecule has 0 aliphatic heterocycles. The van der Waals surface area contributed by atoms with E-state index in [2.05, 4.69) is 86.7 Å². The molecule has 3 aromatic rings. The van der Waals surface area contributed by atoms with Gasteiger partial charge in [0, 0.05) is 13.2 Å². The quantitative estimate of drug-likeness (QED) is 0.0758. The van der Waals surface area contributed by atoms with Crippen LogP contribution >= 0.6 is 0 Å². The molecule has 3 rings (SSSR count). The van der Waals surface area contributed by atoms with E-state index in [4.69, 9.17) is 28.4 Å². The molecule has 44 heavy (non-hydrogen) atoms. The first kappa shape index (κ1) is 35.1. The second kappa shape index (κ2) is 23.0. The second-order valence-electron chi connectivity index (χ2n) is 10.3. The molecule has 0 aromatic heterocycles. The maximum atomic E-state index is 5.77. The van der Waals surface area contributed by atoms with Crippen molar-refractivity contribution in [1.82, 2.24) is 0 Å². The van der Waals surface area contributed by atoms with Crippen molar-refractivity contribution in [3.05, 3.63) is 95.1 Å². The summed E-state index contributed by atoms with van der Waals surface area (Å²) in [5.74, 6) is 1.68. The van der Waals surface area contributed by atoms with Gasteiger partial charge in [-0.2, -0.15) is 0 Å². The second-order valence-corrected chi connectivity index (χ2v) is 10.3. The van der Waals surface area contributed by atoms with Gasteiger partial charge in [-0.25, -0.2) is 0 Å². The van der Waals surface area contributed by atoms with Gasteiger partial charge in [0.05, 0.1) is 39.6 Å². The number of hydrogen-bond acceptors (Lipinski definition) is 6. The SMILES string of the molecule is CCCCOCCOCCOc1ccc(/C=C/c2ccc(/C=C/c3ccc(OCCOCCOCCCC)cc3)cc2)cc1. The Kier molecular flexibility index (Phi) is 18.4. The predicted octanol–water partition coefficient (Wildman–Crippen LogP) is 8.45. The van der Waals surface area contributed by atoms with Crippen LogP contribution in [0.1, 0.15) is 61.8 Å². The molecule has 0 N–H and O–H groups in total. The fourth-order valence-electron chi connectivity index (χ4n) is 4.03. The van der Waals surface area contributed by atoms with Crippen LogP contribution in [0.4, 0.5) is 0 Å². The van der Waals surface area contributed by atoms with Crippen LogP contribution in [-0.2, 0) is 18.9 Å². The van der Waals surface area contributed by atoms with Gasteiger partial charge in [-0.1, -0.05) is 99.5 Å². The van der Waals surface area contributed by atoms with E-state index in [9.17, 15) is 0 Å². The summed E-state index contributed by atoms with van der Waals surface area (Å²) in [5, 5.41) is 0. The summed E-state index contributed by atoms with van der Waals surface area (Å²) in [4.78, 5) is 0. The molecular formula is C38H50O6. The number of hydrogen-bond donors (Lipinski definition) is 0. The lowest BCUT2D eigenvalue weighted by Gasteiger charge is -2.08. The molecule has 0 bridgehead atoms. The standard InChI is InChI=1S/C38H50O6/c1-3-5-23-39-25-27-41-29-31-43-37-19-15-35(16-20-37)13-11-33-7-9-34(10-8-33)12-14-36-17-21-38(22-18-36)44-32-30-42-28-26-40-24-6-4-2/h7-22H,3-6,23-32H2,1-2H3/b13-11+,14-12+. The predicted molar refractivity (Wildman–Crippen MR) is 181 cm³/mol. The number of rotatable bonds is 24. The molecular weight excluding hydrogens is 552 g/mol. The van der Waals surface area contributed by atoms with Crippen LogP contribution in [0.3, 0.4) is 0 Å². The largest absolute Gasteiger partial charge is 0.491 e. The summed E-state index contributed by atoms with van der Waals surface area (Å²) in [7, 11) is 0. The zero-order valence-electron chi connectivity index (χ0n) is 26.6. The van der Waals surface area contributed by atoms with Gasteiger partial charge in [-0.3, -0.25) is 0 Å². The highest BCUT2D eigenvalue weighted by molar-refractivity contribution is 5.73. The Balaban J connectivity index is 1.30. The molecule has 0 atom stereocenters. The van der Waals surface area contributed by atoms with Gasteiger partial charge in [-0.15, -0.1) is 0 Å². The van der Waals surface area contributed by atoms with Gasteiger partial charge < -0.3 is 28.4 Å². The Morgan fingerprint density at radius 3 is 0.955 bits per heavy atom. The van der Waals surface area contributed by atoms with Crippen LogP contribution in [-0.4, -0.2) is 66.1 Å². The molecule has 0 aliphatic carbocycles. The van der Waals surface area contributed by atoms with Crippen molar-refractivity contribution in [3.8, 4) is 11.5 Å². The van der Waals surface area contributed by atoms with Crippen molar-refractivity contribution in [2.24, 2.45) is 0 Å². The molecule has 0 saturated carbocycles. The van der Waals surface area contributed by atoms with Crippen LogP contribution in [0.15, 0.2) is 72.8 Å². The molecule has 0 radical (unpaired) electrons. The van der Waals surface area contributed by atoms with E-state index < -0.39 is 0 Å². The van der Waals surface area contributed by atoms with E-state index in [-0.39, 0.29) is 0 Å². The van der Waals surface area contributed by atoms with Crippen molar-refractivity contribution in [2.45, 2.75) is 39.5 Å². The van der Waals surface area contributed by atoms with Crippen molar-refractivity contribution < 1.29 is 28.4 Å². The molecule has 0 aliphatic rings. The number of benzene rings is 3. The highest BCUT2D eigenvalue weighted by atomic mass is 16.5. The van der Waals surface area contributed by atoms with Crippen molar-refractivity contribution in [3.63, 3.8) is 0 Å². The monoisotopic (exact) mass is 602 g/mol. The van der Waals surface area contributed by atoms with Gasteiger partial charge in [0.15, 0.2) is 0 Å². The molecule has 0 fully saturated rings. The topological polar surface area (TPSA) is 55.4 Å². The third kappa shape index (κ3) is 15.9. The Morgan fingerprint density at radius 1 is 0.364 bits per heavy atom. The first-order valence-electron chi connectivity index (χ1n) is 16.0. The van der Waals surface area contributed by atoms with Crippen LogP contribution in [0, 0.1) is 0 Å². The summed E-state index contributed by atoms with van der Waals surface area (Å²) in [6.07, 6.45) is 12.9. The van der Waals surface area contributed by atoms with E-state index in [1.807, 2.05) is 24.3 Å². The third-order valence-corrected chi connectivity index (χ3v) is 6.65. The van der Waals surface area contributed by atoms with Gasteiger partial charge >= 0.3 is 0 Å². The normalized spacial score (nSPS) is 11.5. The molecule has 0 heterocycles. The summed E-state index contributed by atoms with van der Waals surface area (Å²) < 4.78 is 33.6. The maximum Gasteiger partial charge on any atom is 0.119 e. The molecule has 0 unspecified atom stereocenters. The van der Waals surface area contributed by atoms with E-state index in [0.29, 0.717) is 52.9 Å². The number of ether oxygens (including phenoxy) is 6. The first-order valence-corrected chi connectivity index (χ1v) is 16.0. The summed E-state index contributed by atoms with van der Waals surface area (Å²) >= 11 is 0. The molecule has 6 heteroatoms. The van der Waals surface area contributed by atoms with Gasteiger partial charge in [0.1, 0.15) is 24.7 Å². The zero-order chi connectivity index (χ0) is 30.9. The van der Waals surface area contributed by atoms with Crippen LogP contribution in [0.2, 0.25) is 0 Å². The average molecular weight is 603 g/mol. The lowest BCUT2D eigenvalue weighted by molar-refractivity contribution is 0.0356. The third-order valence-electron chi connectivity index (χ3n) is 6.65. The summed E-state index contributed by atoms with van der Waals surface area (Å²) in [6.45, 7) is 10.6. The van der Waals surface area contributed by atoms with Gasteiger partial charge in [-0.05, 0) is 59.4 Å². The molecule has 0 saturated heterocycles. The summed E-state index contributed by atoms with van der Waals surface area (Å²) in [5.41, 5.74) is 4.53. The minimum absolute atomic E-state index is 0.524. The van der Waals surface area contributed by atoms with E-state index in [1.165, 1.54) is 0 Å².